The lowest BCUT2D eigenvalue weighted by molar-refractivity contribution is 0.166. The van der Waals surface area contributed by atoms with E-state index >= 15 is 0 Å². The predicted molar refractivity (Wildman–Crippen MR) is 184 cm³/mol. The van der Waals surface area contributed by atoms with E-state index in [1.807, 2.05) is 0 Å². The maximum absolute atomic E-state index is 2.69. The van der Waals surface area contributed by atoms with Gasteiger partial charge >= 0.3 is 0 Å². The number of hydrogen-bond donors (Lipinski definition) is 0. The van der Waals surface area contributed by atoms with Gasteiger partial charge in [-0.2, -0.15) is 0 Å². The lowest BCUT2D eigenvalue weighted by Gasteiger charge is -2.34. The second-order valence-corrected chi connectivity index (χ2v) is 20.7. The molecule has 5 aliphatic rings. The van der Waals surface area contributed by atoms with Crippen LogP contribution in [0.5, 0.6) is 0 Å². The van der Waals surface area contributed by atoms with E-state index in [1.54, 1.807) is 38.5 Å². The zero-order chi connectivity index (χ0) is 29.1. The molecule has 2 heterocycles. The predicted octanol–water partition coefficient (Wildman–Crippen LogP) is 13.1. The van der Waals surface area contributed by atoms with Crippen molar-refractivity contribution in [1.29, 1.82) is 0 Å². The first-order valence-electron chi connectivity index (χ1n) is 19.5. The fourth-order valence-electron chi connectivity index (χ4n) is 10.3. The monoisotopic (exact) mass is 585 g/mol. The van der Waals surface area contributed by atoms with Gasteiger partial charge in [0.05, 0.1) is 0 Å². The third-order valence-corrected chi connectivity index (χ3v) is 17.9. The highest BCUT2D eigenvalue weighted by molar-refractivity contribution is 7.69. The van der Waals surface area contributed by atoms with Crippen LogP contribution in [-0.4, -0.2) is 17.0 Å². The van der Waals surface area contributed by atoms with Gasteiger partial charge < -0.3 is 0 Å². The molecule has 0 amide bonds. The van der Waals surface area contributed by atoms with E-state index < -0.39 is 0 Å². The SMILES string of the molecule is CCCCCC(C)C(CC1CCC1)C1CC1(C)CCCCC(C)C1CC2C(CC(C)CCC(C)CC(C)C3CC3)P12. The highest BCUT2D eigenvalue weighted by Gasteiger charge is 2.62. The summed E-state index contributed by atoms with van der Waals surface area (Å²) in [6.45, 7) is 18.0. The minimum Gasteiger partial charge on any atom is -0.0955 e. The zero-order valence-corrected chi connectivity index (χ0v) is 29.9. The molecule has 12 atom stereocenters. The molecular weight excluding hydrogens is 511 g/mol. The van der Waals surface area contributed by atoms with Crippen LogP contribution in [0.2, 0.25) is 0 Å². The average Bonchev–Trinajstić information content (AvgIpc) is 3.82. The molecule has 0 aromatic rings. The van der Waals surface area contributed by atoms with Crippen LogP contribution >= 0.6 is 7.92 Å². The van der Waals surface area contributed by atoms with Gasteiger partial charge in [0.1, 0.15) is 0 Å². The van der Waals surface area contributed by atoms with Gasteiger partial charge in [-0.25, -0.2) is 0 Å². The topological polar surface area (TPSA) is 0 Å². The molecule has 2 saturated heterocycles. The lowest BCUT2D eigenvalue weighted by atomic mass is 9.71. The van der Waals surface area contributed by atoms with Crippen molar-refractivity contribution in [3.05, 3.63) is 0 Å². The summed E-state index contributed by atoms with van der Waals surface area (Å²) in [5.74, 6) is 9.21. The van der Waals surface area contributed by atoms with E-state index in [-0.39, 0.29) is 0 Å². The fourth-order valence-corrected chi connectivity index (χ4v) is 14.4. The molecule has 2 aliphatic heterocycles. The van der Waals surface area contributed by atoms with Crippen molar-refractivity contribution < 1.29 is 0 Å². The molecule has 1 heteroatoms. The van der Waals surface area contributed by atoms with Crippen LogP contribution in [0.25, 0.3) is 0 Å². The van der Waals surface area contributed by atoms with Crippen LogP contribution in [-0.2, 0) is 0 Å². The van der Waals surface area contributed by atoms with Gasteiger partial charge in [0.15, 0.2) is 0 Å². The first-order chi connectivity index (χ1) is 19.7. The number of fused-ring (bicyclic) bond motifs is 1. The Morgan fingerprint density at radius 3 is 2.20 bits per heavy atom. The van der Waals surface area contributed by atoms with Gasteiger partial charge in [-0.3, -0.25) is 0 Å². The maximum Gasteiger partial charge on any atom is -0.0130 e. The molecule has 238 valence electrons. The van der Waals surface area contributed by atoms with Crippen molar-refractivity contribution in [2.45, 2.75) is 194 Å². The van der Waals surface area contributed by atoms with Gasteiger partial charge in [0.2, 0.25) is 0 Å². The van der Waals surface area contributed by atoms with Gasteiger partial charge in [0, 0.05) is 0 Å². The van der Waals surface area contributed by atoms with Crippen molar-refractivity contribution in [3.63, 3.8) is 0 Å². The Morgan fingerprint density at radius 2 is 1.51 bits per heavy atom. The Hall–Kier alpha value is 0.430. The highest BCUT2D eigenvalue weighted by Crippen LogP contribution is 2.83. The Bertz CT molecular complexity index is 782. The third kappa shape index (κ3) is 8.79. The number of rotatable bonds is 22. The molecular formula is C40H73P. The Kier molecular flexibility index (Phi) is 11.8. The van der Waals surface area contributed by atoms with Crippen LogP contribution in [0.3, 0.4) is 0 Å². The Balaban J connectivity index is 0.948. The summed E-state index contributed by atoms with van der Waals surface area (Å²) in [4.78, 5) is 0. The highest BCUT2D eigenvalue weighted by atomic mass is 31.1. The summed E-state index contributed by atoms with van der Waals surface area (Å²) < 4.78 is 0. The summed E-state index contributed by atoms with van der Waals surface area (Å²) in [6.07, 6.45) is 30.4. The minimum absolute atomic E-state index is 0.444. The second-order valence-electron chi connectivity index (χ2n) is 17.8. The van der Waals surface area contributed by atoms with Crippen LogP contribution in [0.15, 0.2) is 0 Å². The van der Waals surface area contributed by atoms with Gasteiger partial charge in [0.25, 0.3) is 0 Å². The van der Waals surface area contributed by atoms with Crippen molar-refractivity contribution in [3.8, 4) is 0 Å². The summed E-state index contributed by atoms with van der Waals surface area (Å²) in [6, 6.07) is 0. The molecule has 5 fully saturated rings. The molecule has 12 unspecified atom stereocenters. The molecule has 5 rings (SSSR count). The molecule has 0 spiro atoms. The summed E-state index contributed by atoms with van der Waals surface area (Å²) >= 11 is 0. The van der Waals surface area contributed by atoms with Gasteiger partial charge in [-0.15, -0.1) is 0 Å². The number of hydrogen-bond acceptors (Lipinski definition) is 0. The van der Waals surface area contributed by atoms with E-state index in [9.17, 15) is 0 Å². The average molecular weight is 585 g/mol. The lowest BCUT2D eigenvalue weighted by Crippen LogP contribution is -2.24. The van der Waals surface area contributed by atoms with Crippen molar-refractivity contribution in [1.82, 2.24) is 0 Å². The minimum atomic E-state index is 0.444. The molecule has 41 heavy (non-hydrogen) atoms. The molecule has 3 aliphatic carbocycles. The second kappa shape index (κ2) is 14.7. The van der Waals surface area contributed by atoms with Crippen LogP contribution in [0, 0.1) is 58.7 Å². The Labute approximate surface area is 259 Å². The molecule has 3 saturated carbocycles. The third-order valence-electron chi connectivity index (χ3n) is 14.1. The quantitative estimate of drug-likeness (QED) is 0.0877. The summed E-state index contributed by atoms with van der Waals surface area (Å²) in [5.41, 5.74) is 4.26. The normalized spacial score (nSPS) is 36.8. The molecule has 0 N–H and O–H groups in total. The van der Waals surface area contributed by atoms with Crippen LogP contribution in [0.4, 0.5) is 0 Å². The standard InChI is InChI=1S/C40H73P/c1-8-9-10-14-30(4)35(25-33-16-13-17-33)36-27-40(36,7)22-12-11-15-31(5)37-26-39-38(41(37)39)24-29(3)19-18-28(2)23-32(6)34-20-21-34/h28-39H,8-27H2,1-7H3. The fraction of sp³-hybridized carbons (Fsp3) is 1.00. The molecule has 0 bridgehead atoms. The van der Waals surface area contributed by atoms with E-state index in [0.29, 0.717) is 13.3 Å². The largest absolute Gasteiger partial charge is 0.0955 e. The summed E-state index contributed by atoms with van der Waals surface area (Å²) in [7, 11) is 0.444. The van der Waals surface area contributed by atoms with E-state index in [1.165, 1.54) is 101 Å². The van der Waals surface area contributed by atoms with Crippen molar-refractivity contribution in [2.24, 2.45) is 58.7 Å². The van der Waals surface area contributed by atoms with Crippen LogP contribution < -0.4 is 0 Å². The summed E-state index contributed by atoms with van der Waals surface area (Å²) in [5, 5.41) is 0. The van der Waals surface area contributed by atoms with E-state index in [4.69, 9.17) is 0 Å². The van der Waals surface area contributed by atoms with Crippen LogP contribution in [0.1, 0.15) is 177 Å². The van der Waals surface area contributed by atoms with E-state index in [2.05, 4.69) is 48.5 Å². The van der Waals surface area contributed by atoms with Crippen molar-refractivity contribution in [2.75, 3.05) is 0 Å². The Morgan fingerprint density at radius 1 is 0.780 bits per heavy atom. The first-order valence-corrected chi connectivity index (χ1v) is 21.0. The molecule has 0 aromatic carbocycles. The van der Waals surface area contributed by atoms with Gasteiger partial charge in [-0.05, 0) is 127 Å². The smallest absolute Gasteiger partial charge is 0.0130 e. The van der Waals surface area contributed by atoms with E-state index in [0.717, 1.165) is 58.9 Å². The zero-order valence-electron chi connectivity index (χ0n) is 29.0. The molecule has 0 aromatic heterocycles. The maximum atomic E-state index is 2.69. The first kappa shape index (κ1) is 32.8. The molecule has 0 nitrogen and oxygen atoms in total. The molecule has 0 radical (unpaired) electrons. The number of unbranched alkanes of at least 4 members (excludes halogenated alkanes) is 3. The van der Waals surface area contributed by atoms with Crippen molar-refractivity contribution >= 4 is 7.92 Å². The van der Waals surface area contributed by atoms with Gasteiger partial charge in [-0.1, -0.05) is 133 Å².